The molecule has 3 N–H and O–H groups in total. The fourth-order valence-corrected chi connectivity index (χ4v) is 0.997. The molecule has 1 rings (SSSR count). The summed E-state index contributed by atoms with van der Waals surface area (Å²) in [4.78, 5) is 3.84. The topological polar surface area (TPSA) is 73.6 Å². The fraction of sp³-hybridized carbons (Fsp3) is 0.375. The third-order valence-corrected chi connectivity index (χ3v) is 1.76. The number of halogens is 1. The first-order valence-corrected chi connectivity index (χ1v) is 3.58. The van der Waals surface area contributed by atoms with Gasteiger partial charge in [0.25, 0.3) is 0 Å². The van der Waals surface area contributed by atoms with E-state index in [0.29, 0.717) is 16.8 Å². The van der Waals surface area contributed by atoms with E-state index in [9.17, 15) is 5.11 Å². The number of rotatable bonds is 2. The molecule has 0 saturated carbocycles. The Morgan fingerprint density at radius 3 is 2.29 bits per heavy atom. The third kappa shape index (κ3) is 3.17. The van der Waals surface area contributed by atoms with Crippen molar-refractivity contribution in [3.63, 3.8) is 0 Å². The summed E-state index contributed by atoms with van der Waals surface area (Å²) in [5, 5.41) is 27.0. The minimum atomic E-state index is -0.287. The summed E-state index contributed by atoms with van der Waals surface area (Å²) in [6.45, 7) is 1.12. The van der Waals surface area contributed by atoms with E-state index in [1.54, 1.807) is 6.92 Å². The summed E-state index contributed by atoms with van der Waals surface area (Å²) in [6.07, 6.45) is 1.45. The van der Waals surface area contributed by atoms with Crippen molar-refractivity contribution in [1.82, 2.24) is 4.98 Å². The van der Waals surface area contributed by atoms with E-state index in [4.69, 9.17) is 10.2 Å². The van der Waals surface area contributed by atoms with Crippen molar-refractivity contribution in [2.45, 2.75) is 20.1 Å². The van der Waals surface area contributed by atoms with Crippen LogP contribution in [-0.2, 0) is 32.7 Å². The van der Waals surface area contributed by atoms with Crippen LogP contribution in [0.2, 0.25) is 0 Å². The molecule has 0 radical (unpaired) electrons. The van der Waals surface area contributed by atoms with Crippen LogP contribution in [0.15, 0.2) is 6.20 Å². The number of hydrogen-bond acceptors (Lipinski definition) is 4. The van der Waals surface area contributed by atoms with Crippen LogP contribution >= 0.6 is 12.4 Å². The van der Waals surface area contributed by atoms with Crippen LogP contribution in [0.1, 0.15) is 16.8 Å². The molecule has 0 atom stereocenters. The summed E-state index contributed by atoms with van der Waals surface area (Å²) in [6, 6.07) is 0. The van der Waals surface area contributed by atoms with Gasteiger partial charge in [0.05, 0.1) is 18.9 Å². The number of aromatic hydroxyl groups is 1. The number of aliphatic hydroxyl groups is 2. The standard InChI is InChI=1S/C8H11NO3.ClH.Zn/c1-5-8(12)7(4-11)6(3-10)2-9-5;;/h2,10-12H,3-4H2,1H3;1H;. The van der Waals surface area contributed by atoms with Gasteiger partial charge in [0.15, 0.2) is 0 Å². The molecule has 14 heavy (non-hydrogen) atoms. The van der Waals surface area contributed by atoms with Gasteiger partial charge in [0.2, 0.25) is 0 Å². The first-order valence-electron chi connectivity index (χ1n) is 3.58. The molecule has 0 aromatic carbocycles. The Bertz CT molecular complexity index is 296. The average molecular weight is 271 g/mol. The number of aryl methyl sites for hydroxylation is 1. The van der Waals surface area contributed by atoms with E-state index < -0.39 is 0 Å². The number of aliphatic hydroxyl groups excluding tert-OH is 2. The van der Waals surface area contributed by atoms with Crippen molar-refractivity contribution in [3.05, 3.63) is 23.0 Å². The van der Waals surface area contributed by atoms with Gasteiger partial charge < -0.3 is 15.3 Å². The Hall–Kier alpha value is -0.217. The molecule has 0 aliphatic carbocycles. The number of hydrogen-bond donors (Lipinski definition) is 3. The van der Waals surface area contributed by atoms with Crippen molar-refractivity contribution in [1.29, 1.82) is 0 Å². The molecule has 0 amide bonds. The van der Waals surface area contributed by atoms with E-state index in [0.717, 1.165) is 0 Å². The van der Waals surface area contributed by atoms with Crippen molar-refractivity contribution in [2.75, 3.05) is 0 Å². The Morgan fingerprint density at radius 1 is 1.29 bits per heavy atom. The molecule has 1 aromatic rings. The number of nitrogens with zero attached hydrogens (tertiary/aromatic N) is 1. The normalized spacial score (nSPS) is 8.79. The van der Waals surface area contributed by atoms with Crippen molar-refractivity contribution >= 4 is 12.4 Å². The molecule has 6 heteroatoms. The number of aromatic nitrogens is 1. The Balaban J connectivity index is 0. The molecule has 76 valence electrons. The Morgan fingerprint density at radius 2 is 1.86 bits per heavy atom. The monoisotopic (exact) mass is 269 g/mol. The second kappa shape index (κ2) is 7.13. The van der Waals surface area contributed by atoms with Crippen molar-refractivity contribution in [2.24, 2.45) is 0 Å². The SMILES string of the molecule is Cc1ncc(CO)c(CO)c1O.Cl.[Zn]. The van der Waals surface area contributed by atoms with E-state index in [1.807, 2.05) is 0 Å². The molecule has 0 spiro atoms. The minimum absolute atomic E-state index is 0. The quantitative estimate of drug-likeness (QED) is 0.685. The molecule has 1 heterocycles. The summed E-state index contributed by atoms with van der Waals surface area (Å²) >= 11 is 0. The number of pyridine rings is 1. The maximum Gasteiger partial charge on any atom is 0.142 e. The minimum Gasteiger partial charge on any atom is -0.506 e. The average Bonchev–Trinajstić information content (AvgIpc) is 2.09. The van der Waals surface area contributed by atoms with Gasteiger partial charge in [-0.25, -0.2) is 0 Å². The molecule has 0 aliphatic rings. The predicted molar refractivity (Wildman–Crippen MR) is 49.7 cm³/mol. The van der Waals surface area contributed by atoms with Gasteiger partial charge in [-0.05, 0) is 6.92 Å². The molecule has 4 nitrogen and oxygen atoms in total. The van der Waals surface area contributed by atoms with Gasteiger partial charge in [0.1, 0.15) is 5.75 Å². The van der Waals surface area contributed by atoms with Gasteiger partial charge in [0, 0.05) is 36.8 Å². The van der Waals surface area contributed by atoms with E-state index in [1.165, 1.54) is 6.20 Å². The van der Waals surface area contributed by atoms with Crippen molar-refractivity contribution < 1.29 is 34.8 Å². The molecular formula is C8H12ClNO3Zn. The zero-order chi connectivity index (χ0) is 9.14. The maximum atomic E-state index is 9.38. The maximum absolute atomic E-state index is 9.38. The van der Waals surface area contributed by atoms with Crippen LogP contribution in [-0.4, -0.2) is 20.3 Å². The smallest absolute Gasteiger partial charge is 0.142 e. The third-order valence-electron chi connectivity index (χ3n) is 1.76. The molecule has 0 saturated heterocycles. The van der Waals surface area contributed by atoms with Crippen LogP contribution in [0.4, 0.5) is 0 Å². The first kappa shape index (κ1) is 16.2. The summed E-state index contributed by atoms with van der Waals surface area (Å²) in [5.41, 5.74) is 1.27. The Kier molecular flexibility index (Phi) is 8.26. The van der Waals surface area contributed by atoms with Gasteiger partial charge in [-0.15, -0.1) is 12.4 Å². The zero-order valence-electron chi connectivity index (χ0n) is 7.90. The summed E-state index contributed by atoms with van der Waals surface area (Å²) in [5.74, 6) is -0.0379. The van der Waals surface area contributed by atoms with Crippen LogP contribution < -0.4 is 0 Å². The fourth-order valence-electron chi connectivity index (χ4n) is 0.997. The summed E-state index contributed by atoms with van der Waals surface area (Å²) in [7, 11) is 0. The molecular weight excluding hydrogens is 259 g/mol. The van der Waals surface area contributed by atoms with Gasteiger partial charge in [-0.1, -0.05) is 0 Å². The second-order valence-electron chi connectivity index (χ2n) is 2.51. The summed E-state index contributed by atoms with van der Waals surface area (Å²) < 4.78 is 0. The molecule has 0 aliphatic heterocycles. The van der Waals surface area contributed by atoms with Gasteiger partial charge in [-0.3, -0.25) is 4.98 Å². The van der Waals surface area contributed by atoms with E-state index in [-0.39, 0.29) is 50.8 Å². The molecule has 1 aromatic heterocycles. The Labute approximate surface area is 101 Å². The first-order chi connectivity index (χ1) is 5.70. The van der Waals surface area contributed by atoms with Crippen LogP contribution in [0, 0.1) is 6.92 Å². The predicted octanol–water partition coefficient (Wildman–Crippen LogP) is 0.500. The van der Waals surface area contributed by atoms with Crippen LogP contribution in [0.25, 0.3) is 0 Å². The second-order valence-corrected chi connectivity index (χ2v) is 2.51. The van der Waals surface area contributed by atoms with Crippen LogP contribution in [0.3, 0.4) is 0 Å². The van der Waals surface area contributed by atoms with Crippen LogP contribution in [0.5, 0.6) is 5.75 Å². The van der Waals surface area contributed by atoms with Gasteiger partial charge in [-0.2, -0.15) is 0 Å². The molecule has 0 bridgehead atoms. The largest absolute Gasteiger partial charge is 0.506 e. The van der Waals surface area contributed by atoms with Crippen molar-refractivity contribution in [3.8, 4) is 5.75 Å². The van der Waals surface area contributed by atoms with E-state index in [2.05, 4.69) is 4.98 Å². The zero-order valence-corrected chi connectivity index (χ0v) is 11.7. The van der Waals surface area contributed by atoms with Gasteiger partial charge >= 0.3 is 0 Å². The molecule has 0 unspecified atom stereocenters. The molecule has 0 fully saturated rings. The van der Waals surface area contributed by atoms with E-state index >= 15 is 0 Å².